The predicted molar refractivity (Wildman–Crippen MR) is 73.3 cm³/mol. The van der Waals surface area contributed by atoms with Crippen LogP contribution in [0.1, 0.15) is 33.6 Å². The minimum atomic E-state index is 0.634. The fourth-order valence-electron chi connectivity index (χ4n) is 2.11. The molecule has 0 amide bonds. The van der Waals surface area contributed by atoms with E-state index in [0.717, 1.165) is 44.6 Å². The van der Waals surface area contributed by atoms with Crippen molar-refractivity contribution in [1.82, 2.24) is 10.2 Å². The van der Waals surface area contributed by atoms with Crippen LogP contribution in [0.2, 0.25) is 0 Å². The first-order chi connectivity index (χ1) is 8.15. The summed E-state index contributed by atoms with van der Waals surface area (Å²) in [6.07, 6.45) is 2.54. The van der Waals surface area contributed by atoms with E-state index in [1.165, 1.54) is 13.0 Å². The second-order valence-corrected chi connectivity index (χ2v) is 5.52. The molecular weight excluding hydrogens is 212 g/mol. The van der Waals surface area contributed by atoms with E-state index in [1.54, 1.807) is 0 Å². The summed E-state index contributed by atoms with van der Waals surface area (Å²) in [5.41, 5.74) is 0. The SMILES string of the molecule is CCOCCCNCC(C)N(C)CC1CC1C. The van der Waals surface area contributed by atoms with E-state index >= 15 is 0 Å². The van der Waals surface area contributed by atoms with Crippen LogP contribution in [0.3, 0.4) is 0 Å². The van der Waals surface area contributed by atoms with Crippen LogP contribution in [0.4, 0.5) is 0 Å². The number of ether oxygens (including phenoxy) is 1. The largest absolute Gasteiger partial charge is 0.382 e. The first-order valence-corrected chi connectivity index (χ1v) is 7.13. The minimum absolute atomic E-state index is 0.634. The number of nitrogens with zero attached hydrogens (tertiary/aromatic N) is 1. The highest BCUT2D eigenvalue weighted by Crippen LogP contribution is 2.38. The number of hydrogen-bond acceptors (Lipinski definition) is 3. The highest BCUT2D eigenvalue weighted by atomic mass is 16.5. The van der Waals surface area contributed by atoms with Crippen LogP contribution >= 0.6 is 0 Å². The lowest BCUT2D eigenvalue weighted by Crippen LogP contribution is -2.39. The summed E-state index contributed by atoms with van der Waals surface area (Å²) in [6.45, 7) is 11.8. The van der Waals surface area contributed by atoms with Crippen molar-refractivity contribution >= 4 is 0 Å². The van der Waals surface area contributed by atoms with Gasteiger partial charge in [-0.15, -0.1) is 0 Å². The Balaban J connectivity index is 1.94. The number of hydrogen-bond donors (Lipinski definition) is 1. The van der Waals surface area contributed by atoms with Gasteiger partial charge in [0.05, 0.1) is 0 Å². The maximum absolute atomic E-state index is 5.31. The third kappa shape index (κ3) is 6.39. The fraction of sp³-hybridized carbons (Fsp3) is 1.00. The third-order valence-electron chi connectivity index (χ3n) is 3.84. The number of likely N-dealkylation sites (N-methyl/N-ethyl adjacent to an activating group) is 1. The molecule has 0 spiro atoms. The summed E-state index contributed by atoms with van der Waals surface area (Å²) < 4.78 is 5.31. The molecule has 0 bridgehead atoms. The smallest absolute Gasteiger partial charge is 0.0477 e. The Hall–Kier alpha value is -0.120. The maximum atomic E-state index is 5.31. The Morgan fingerprint density at radius 2 is 2.18 bits per heavy atom. The Morgan fingerprint density at radius 3 is 2.76 bits per heavy atom. The van der Waals surface area contributed by atoms with Gasteiger partial charge in [-0.1, -0.05) is 6.92 Å². The molecule has 0 aromatic carbocycles. The van der Waals surface area contributed by atoms with Crippen molar-refractivity contribution in [3.05, 3.63) is 0 Å². The van der Waals surface area contributed by atoms with Crippen molar-refractivity contribution in [2.75, 3.05) is 39.9 Å². The lowest BCUT2D eigenvalue weighted by molar-refractivity contribution is 0.144. The summed E-state index contributed by atoms with van der Waals surface area (Å²) in [5.74, 6) is 1.92. The van der Waals surface area contributed by atoms with E-state index in [0.29, 0.717) is 6.04 Å². The molecular formula is C14H30N2O. The van der Waals surface area contributed by atoms with Crippen molar-refractivity contribution in [2.24, 2.45) is 11.8 Å². The van der Waals surface area contributed by atoms with Gasteiger partial charge in [0.25, 0.3) is 0 Å². The van der Waals surface area contributed by atoms with Crippen molar-refractivity contribution in [3.63, 3.8) is 0 Å². The zero-order valence-electron chi connectivity index (χ0n) is 12.0. The number of rotatable bonds is 10. The van der Waals surface area contributed by atoms with Gasteiger partial charge in [-0.05, 0) is 52.1 Å². The Labute approximate surface area is 107 Å². The van der Waals surface area contributed by atoms with Gasteiger partial charge >= 0.3 is 0 Å². The van der Waals surface area contributed by atoms with Crippen LogP contribution in [0, 0.1) is 11.8 Å². The normalized spacial score (nSPS) is 25.2. The van der Waals surface area contributed by atoms with Gasteiger partial charge < -0.3 is 15.0 Å². The molecule has 0 aromatic heterocycles. The molecule has 1 fully saturated rings. The second kappa shape index (κ2) is 8.06. The summed E-state index contributed by atoms with van der Waals surface area (Å²) >= 11 is 0. The van der Waals surface area contributed by atoms with Gasteiger partial charge in [-0.25, -0.2) is 0 Å². The summed E-state index contributed by atoms with van der Waals surface area (Å²) in [7, 11) is 2.25. The molecule has 1 saturated carbocycles. The number of nitrogens with one attached hydrogen (secondary N) is 1. The van der Waals surface area contributed by atoms with Crippen molar-refractivity contribution in [2.45, 2.75) is 39.7 Å². The van der Waals surface area contributed by atoms with E-state index in [-0.39, 0.29) is 0 Å². The molecule has 3 nitrogen and oxygen atoms in total. The minimum Gasteiger partial charge on any atom is -0.382 e. The van der Waals surface area contributed by atoms with Gasteiger partial charge in [-0.3, -0.25) is 0 Å². The molecule has 17 heavy (non-hydrogen) atoms. The summed E-state index contributed by atoms with van der Waals surface area (Å²) in [5, 5.41) is 3.51. The lowest BCUT2D eigenvalue weighted by atomic mass is 10.2. The molecule has 1 rings (SSSR count). The standard InChI is InChI=1S/C14H30N2O/c1-5-17-8-6-7-15-10-13(3)16(4)11-14-9-12(14)2/h12-15H,5-11H2,1-4H3. The van der Waals surface area contributed by atoms with Crippen LogP contribution < -0.4 is 5.32 Å². The summed E-state index contributed by atoms with van der Waals surface area (Å²) in [4.78, 5) is 2.49. The zero-order chi connectivity index (χ0) is 12.7. The molecule has 1 aliphatic rings. The average Bonchev–Trinajstić information content (AvgIpc) is 2.98. The predicted octanol–water partition coefficient (Wildman–Crippen LogP) is 1.98. The fourth-order valence-corrected chi connectivity index (χ4v) is 2.11. The molecule has 1 aliphatic carbocycles. The first kappa shape index (κ1) is 14.9. The van der Waals surface area contributed by atoms with Crippen LogP contribution in [-0.2, 0) is 4.74 Å². The van der Waals surface area contributed by atoms with Gasteiger partial charge in [0.1, 0.15) is 0 Å². The molecule has 1 N–H and O–H groups in total. The molecule has 3 heteroatoms. The molecule has 0 aromatic rings. The Kier molecular flexibility index (Phi) is 7.09. The van der Waals surface area contributed by atoms with Crippen LogP contribution in [0.25, 0.3) is 0 Å². The molecule has 0 aliphatic heterocycles. The molecule has 0 heterocycles. The Morgan fingerprint density at radius 1 is 1.47 bits per heavy atom. The molecule has 102 valence electrons. The van der Waals surface area contributed by atoms with Crippen LogP contribution in [0.5, 0.6) is 0 Å². The van der Waals surface area contributed by atoms with Crippen molar-refractivity contribution in [3.8, 4) is 0 Å². The topological polar surface area (TPSA) is 24.5 Å². The first-order valence-electron chi connectivity index (χ1n) is 7.13. The van der Waals surface area contributed by atoms with Gasteiger partial charge in [0.15, 0.2) is 0 Å². The van der Waals surface area contributed by atoms with Crippen molar-refractivity contribution in [1.29, 1.82) is 0 Å². The highest BCUT2D eigenvalue weighted by molar-refractivity contribution is 4.85. The Bertz CT molecular complexity index is 199. The van der Waals surface area contributed by atoms with Crippen LogP contribution in [0.15, 0.2) is 0 Å². The van der Waals surface area contributed by atoms with Gasteiger partial charge in [0.2, 0.25) is 0 Å². The molecule has 0 saturated heterocycles. The van der Waals surface area contributed by atoms with Gasteiger partial charge in [-0.2, -0.15) is 0 Å². The van der Waals surface area contributed by atoms with E-state index in [1.807, 2.05) is 6.92 Å². The lowest BCUT2D eigenvalue weighted by Gasteiger charge is -2.25. The zero-order valence-corrected chi connectivity index (χ0v) is 12.0. The van der Waals surface area contributed by atoms with E-state index in [9.17, 15) is 0 Å². The van der Waals surface area contributed by atoms with Crippen LogP contribution in [-0.4, -0.2) is 50.8 Å². The van der Waals surface area contributed by atoms with E-state index in [2.05, 4.69) is 31.1 Å². The second-order valence-electron chi connectivity index (χ2n) is 5.52. The average molecular weight is 242 g/mol. The van der Waals surface area contributed by atoms with E-state index < -0.39 is 0 Å². The molecule has 0 radical (unpaired) electrons. The molecule has 3 atom stereocenters. The molecule has 3 unspecified atom stereocenters. The monoisotopic (exact) mass is 242 g/mol. The summed E-state index contributed by atoms with van der Waals surface area (Å²) in [6, 6.07) is 0.634. The highest BCUT2D eigenvalue weighted by Gasteiger charge is 2.33. The third-order valence-corrected chi connectivity index (χ3v) is 3.84. The maximum Gasteiger partial charge on any atom is 0.0477 e. The van der Waals surface area contributed by atoms with E-state index in [4.69, 9.17) is 4.74 Å². The quantitative estimate of drug-likeness (QED) is 0.593. The van der Waals surface area contributed by atoms with Gasteiger partial charge in [0, 0.05) is 32.3 Å². The van der Waals surface area contributed by atoms with Crippen molar-refractivity contribution < 1.29 is 4.74 Å².